The van der Waals surface area contributed by atoms with Crippen LogP contribution in [0.25, 0.3) is 27.6 Å². The molecule has 0 unspecified atom stereocenters. The van der Waals surface area contributed by atoms with Gasteiger partial charge in [0.25, 0.3) is 0 Å². The maximum absolute atomic E-state index is 6.41. The molecular weight excluding hydrogens is 712 g/mol. The topological polar surface area (TPSA) is 33.5 Å². The molecule has 0 saturated carbocycles. The van der Waals surface area contributed by atoms with E-state index in [0.29, 0.717) is 11.5 Å². The van der Waals surface area contributed by atoms with Crippen molar-refractivity contribution in [3.63, 3.8) is 0 Å². The van der Waals surface area contributed by atoms with Crippen LogP contribution in [0.1, 0.15) is 37.5 Å². The van der Waals surface area contributed by atoms with Crippen LogP contribution in [0.2, 0.25) is 0 Å². The summed E-state index contributed by atoms with van der Waals surface area (Å²) in [4.78, 5) is 9.09. The fourth-order valence-corrected chi connectivity index (χ4v) is 5.68. The summed E-state index contributed by atoms with van der Waals surface area (Å²) in [6.45, 7) is 13.1. The Morgan fingerprint density at radius 2 is 1.53 bits per heavy atom. The molecule has 4 aromatic carbocycles. The van der Waals surface area contributed by atoms with E-state index >= 15 is 0 Å². The molecule has 3 heterocycles. The first kappa shape index (κ1) is 29.0. The predicted molar refractivity (Wildman–Crippen MR) is 172 cm³/mol. The maximum Gasteiger partial charge on any atom is 0.135 e. The molecule has 1 aliphatic rings. The first-order chi connectivity index (χ1) is 20.2. The minimum absolute atomic E-state index is 0. The smallest absolute Gasteiger partial charge is 0.135 e. The predicted octanol–water partition coefficient (Wildman–Crippen LogP) is 9.19. The zero-order chi connectivity index (χ0) is 29.2. The number of para-hydroxylation sites is 1. The summed E-state index contributed by atoms with van der Waals surface area (Å²) in [5, 5.41) is 2.26. The molecule has 0 saturated heterocycles. The number of benzene rings is 4. The van der Waals surface area contributed by atoms with Gasteiger partial charge in [0.05, 0.1) is 0 Å². The van der Waals surface area contributed by atoms with Gasteiger partial charge in [0.2, 0.25) is 0 Å². The first-order valence-electron chi connectivity index (χ1n) is 14.3. The fourth-order valence-electron chi connectivity index (χ4n) is 5.68. The van der Waals surface area contributed by atoms with Gasteiger partial charge in [-0.05, 0) is 78.7 Å². The van der Waals surface area contributed by atoms with Crippen LogP contribution in [0, 0.1) is 32.6 Å². The average molecular weight is 745 g/mol. The molecule has 6 heteroatoms. The number of ether oxygens (including phenoxy) is 1. The van der Waals surface area contributed by atoms with Crippen molar-refractivity contribution in [2.45, 2.75) is 40.0 Å². The zero-order valence-electron chi connectivity index (χ0n) is 25.2. The Kier molecular flexibility index (Phi) is 7.34. The van der Waals surface area contributed by atoms with Crippen LogP contribution in [0.4, 0.5) is 17.1 Å². The summed E-state index contributed by atoms with van der Waals surface area (Å²) in [6.07, 6.45) is 1.89. The summed E-state index contributed by atoms with van der Waals surface area (Å²) in [6, 6.07) is 34.3. The van der Waals surface area contributed by atoms with Crippen LogP contribution in [0.15, 0.2) is 85.1 Å². The number of aryl methyl sites for hydroxylation is 2. The van der Waals surface area contributed by atoms with Crippen LogP contribution in [0.3, 0.4) is 0 Å². The summed E-state index contributed by atoms with van der Waals surface area (Å²) in [5.41, 5.74) is 9.02. The molecule has 0 bridgehead atoms. The molecule has 2 aromatic heterocycles. The first-order valence-corrected chi connectivity index (χ1v) is 14.3. The van der Waals surface area contributed by atoms with E-state index in [1.807, 2.05) is 24.4 Å². The van der Waals surface area contributed by atoms with Crippen molar-refractivity contribution in [1.82, 2.24) is 9.55 Å². The standard InChI is InChI=1S/C37H33N4O.Pt/c1-24-18-34-35(19-25(24)2)40(23-39(34)6)27-10-9-11-28(21-27)42-29-14-15-31-30-12-7-8-13-32(30)41(33(31)22-29)36-20-26(16-17-38-36)37(3,4)5;/h7-20,23H,1-6H3;/q-3;. The van der Waals surface area contributed by atoms with E-state index in [1.54, 1.807) is 0 Å². The minimum Gasteiger partial charge on any atom is -0.509 e. The number of fused-ring (bicyclic) bond motifs is 4. The van der Waals surface area contributed by atoms with Gasteiger partial charge >= 0.3 is 0 Å². The second-order valence-corrected chi connectivity index (χ2v) is 12.1. The fraction of sp³-hybridized carbons (Fsp3) is 0.189. The van der Waals surface area contributed by atoms with Gasteiger partial charge in [-0.2, -0.15) is 18.8 Å². The van der Waals surface area contributed by atoms with Gasteiger partial charge in [-0.25, -0.2) is 4.98 Å². The third-order valence-electron chi connectivity index (χ3n) is 8.15. The van der Waals surface area contributed by atoms with Crippen molar-refractivity contribution < 1.29 is 25.8 Å². The zero-order valence-corrected chi connectivity index (χ0v) is 27.4. The van der Waals surface area contributed by atoms with E-state index < -0.39 is 0 Å². The molecular formula is C37H33N4OPt-3. The second-order valence-electron chi connectivity index (χ2n) is 12.1. The number of anilines is 3. The Labute approximate surface area is 268 Å². The molecule has 0 atom stereocenters. The number of pyridine rings is 1. The number of rotatable bonds is 4. The van der Waals surface area contributed by atoms with Gasteiger partial charge in [0.1, 0.15) is 5.82 Å². The molecule has 0 fully saturated rings. The van der Waals surface area contributed by atoms with E-state index in [4.69, 9.17) is 9.72 Å². The van der Waals surface area contributed by atoms with Crippen molar-refractivity contribution in [2.75, 3.05) is 16.8 Å². The van der Waals surface area contributed by atoms with Gasteiger partial charge < -0.3 is 19.1 Å². The van der Waals surface area contributed by atoms with Crippen molar-refractivity contribution in [1.29, 1.82) is 0 Å². The molecule has 0 N–H and O–H groups in total. The van der Waals surface area contributed by atoms with Gasteiger partial charge in [0.15, 0.2) is 0 Å². The minimum atomic E-state index is 0. The molecule has 0 spiro atoms. The largest absolute Gasteiger partial charge is 0.509 e. The SMILES string of the molecule is Cc1cc2c(cc1C)N(c1[c-]c(Oc3[c-]c4c(cc3)c3ccccc3n4-c3cc(C(C)(C)C)ccn3)ccc1)[CH-]N2C.[Pt]. The molecule has 0 radical (unpaired) electrons. The molecule has 0 amide bonds. The third-order valence-corrected chi connectivity index (χ3v) is 8.15. The maximum atomic E-state index is 6.41. The Bertz CT molecular complexity index is 1990. The summed E-state index contributed by atoms with van der Waals surface area (Å²) < 4.78 is 8.59. The van der Waals surface area contributed by atoms with Gasteiger partial charge in [0, 0.05) is 55.7 Å². The van der Waals surface area contributed by atoms with Crippen LogP contribution < -0.4 is 14.5 Å². The van der Waals surface area contributed by atoms with Crippen molar-refractivity contribution in [3.05, 3.63) is 121 Å². The Balaban J connectivity index is 0.00000329. The van der Waals surface area contributed by atoms with Crippen LogP contribution in [-0.4, -0.2) is 16.6 Å². The number of hydrogen-bond acceptors (Lipinski definition) is 4. The molecule has 1 aliphatic heterocycles. The third kappa shape index (κ3) is 5.10. The van der Waals surface area contributed by atoms with E-state index in [9.17, 15) is 0 Å². The van der Waals surface area contributed by atoms with Crippen molar-refractivity contribution >= 4 is 38.9 Å². The monoisotopic (exact) mass is 744 g/mol. The van der Waals surface area contributed by atoms with Gasteiger partial charge in [-0.1, -0.05) is 44.5 Å². The normalized spacial score (nSPS) is 13.0. The number of aromatic nitrogens is 2. The van der Waals surface area contributed by atoms with Crippen LogP contribution in [0.5, 0.6) is 11.5 Å². The summed E-state index contributed by atoms with van der Waals surface area (Å²) in [7, 11) is 2.07. The quantitative estimate of drug-likeness (QED) is 0.169. The Hall–Kier alpha value is -4.08. The molecule has 0 aliphatic carbocycles. The Morgan fingerprint density at radius 3 is 2.33 bits per heavy atom. The van der Waals surface area contributed by atoms with Crippen LogP contribution in [-0.2, 0) is 26.5 Å². The van der Waals surface area contributed by atoms with E-state index in [2.05, 4.69) is 135 Å². The molecule has 7 rings (SSSR count). The molecule has 5 nitrogen and oxygen atoms in total. The van der Waals surface area contributed by atoms with Gasteiger partial charge in [-0.15, -0.1) is 41.4 Å². The van der Waals surface area contributed by atoms with Gasteiger partial charge in [-0.3, -0.25) is 0 Å². The molecule has 6 aromatic rings. The summed E-state index contributed by atoms with van der Waals surface area (Å²) >= 11 is 0. The molecule has 43 heavy (non-hydrogen) atoms. The number of hydrogen-bond donors (Lipinski definition) is 0. The second kappa shape index (κ2) is 10.9. The van der Waals surface area contributed by atoms with Crippen molar-refractivity contribution in [3.8, 4) is 17.3 Å². The van der Waals surface area contributed by atoms with E-state index in [0.717, 1.165) is 39.0 Å². The molecule has 220 valence electrons. The number of nitrogens with zero attached hydrogens (tertiary/aromatic N) is 4. The van der Waals surface area contributed by atoms with Crippen molar-refractivity contribution in [2.24, 2.45) is 0 Å². The Morgan fingerprint density at radius 1 is 0.791 bits per heavy atom. The van der Waals surface area contributed by atoms with Crippen LogP contribution >= 0.6 is 0 Å². The van der Waals surface area contributed by atoms with E-state index in [1.165, 1.54) is 22.4 Å². The summed E-state index contributed by atoms with van der Waals surface area (Å²) in [5.74, 6) is 2.13. The average Bonchev–Trinajstić information content (AvgIpc) is 3.47. The van der Waals surface area contributed by atoms with E-state index in [-0.39, 0.29) is 26.5 Å².